The molecule has 7 heteroatoms. The molecule has 104 valence electrons. The minimum atomic E-state index is -4.40. The summed E-state index contributed by atoms with van der Waals surface area (Å²) in [6.07, 6.45) is -4.01. The minimum absolute atomic E-state index is 0.162. The van der Waals surface area contributed by atoms with Gasteiger partial charge in [-0.2, -0.15) is 13.2 Å². The normalized spacial score (nSPS) is 24.2. The van der Waals surface area contributed by atoms with Crippen LogP contribution in [0.1, 0.15) is 20.3 Å². The Morgan fingerprint density at radius 3 is 2.33 bits per heavy atom. The van der Waals surface area contributed by atoms with E-state index in [4.69, 9.17) is 0 Å². The zero-order chi connectivity index (χ0) is 14.1. The first-order chi connectivity index (χ1) is 8.05. The van der Waals surface area contributed by atoms with Gasteiger partial charge >= 0.3 is 6.18 Å². The van der Waals surface area contributed by atoms with E-state index in [0.717, 1.165) is 7.05 Å². The molecule has 1 saturated heterocycles. The molecule has 1 rings (SSSR count). The summed E-state index contributed by atoms with van der Waals surface area (Å²) < 4.78 is 36.7. The molecule has 1 aliphatic rings. The molecule has 0 aliphatic carbocycles. The van der Waals surface area contributed by atoms with Gasteiger partial charge in [0, 0.05) is 27.1 Å². The summed E-state index contributed by atoms with van der Waals surface area (Å²) in [6, 6.07) is 0. The zero-order valence-corrected chi connectivity index (χ0v) is 10.7. The van der Waals surface area contributed by atoms with Gasteiger partial charge in [-0.05, 0) is 13.3 Å². The second-order valence-electron chi connectivity index (χ2n) is 5.03. The third-order valence-electron chi connectivity index (χ3n) is 3.20. The van der Waals surface area contributed by atoms with Crippen molar-refractivity contribution in [3.05, 3.63) is 0 Å². The van der Waals surface area contributed by atoms with Gasteiger partial charge in [-0.25, -0.2) is 0 Å². The van der Waals surface area contributed by atoms with Crippen LogP contribution in [0.3, 0.4) is 0 Å². The lowest BCUT2D eigenvalue weighted by Crippen LogP contribution is -2.45. The number of carbonyl (C=O) groups excluding carboxylic acids is 2. The van der Waals surface area contributed by atoms with Gasteiger partial charge in [0.05, 0.1) is 5.41 Å². The molecule has 2 amide bonds. The highest BCUT2D eigenvalue weighted by Crippen LogP contribution is 2.32. The largest absolute Gasteiger partial charge is 0.406 e. The monoisotopic (exact) mass is 266 g/mol. The van der Waals surface area contributed by atoms with Crippen molar-refractivity contribution in [2.45, 2.75) is 26.4 Å². The van der Waals surface area contributed by atoms with Crippen LogP contribution in [-0.2, 0) is 9.59 Å². The van der Waals surface area contributed by atoms with E-state index in [1.54, 1.807) is 6.92 Å². The molecule has 18 heavy (non-hydrogen) atoms. The summed E-state index contributed by atoms with van der Waals surface area (Å²) in [4.78, 5) is 25.3. The van der Waals surface area contributed by atoms with Crippen molar-refractivity contribution in [1.82, 2.24) is 9.80 Å². The minimum Gasteiger partial charge on any atom is -0.342 e. The van der Waals surface area contributed by atoms with Crippen molar-refractivity contribution in [1.29, 1.82) is 0 Å². The summed E-state index contributed by atoms with van der Waals surface area (Å²) in [7, 11) is 1.14. The molecular weight excluding hydrogens is 249 g/mol. The van der Waals surface area contributed by atoms with Gasteiger partial charge in [0.2, 0.25) is 11.8 Å². The molecule has 0 aromatic carbocycles. The van der Waals surface area contributed by atoms with Crippen LogP contribution >= 0.6 is 0 Å². The van der Waals surface area contributed by atoms with Crippen molar-refractivity contribution in [3.8, 4) is 0 Å². The molecule has 0 bridgehead atoms. The molecule has 0 spiro atoms. The van der Waals surface area contributed by atoms with E-state index in [0.29, 0.717) is 17.9 Å². The van der Waals surface area contributed by atoms with Crippen molar-refractivity contribution >= 4 is 11.8 Å². The summed E-state index contributed by atoms with van der Waals surface area (Å²) in [5.74, 6) is -0.728. The van der Waals surface area contributed by atoms with Gasteiger partial charge in [-0.15, -0.1) is 0 Å². The second-order valence-corrected chi connectivity index (χ2v) is 5.03. The Morgan fingerprint density at radius 1 is 1.39 bits per heavy atom. The fourth-order valence-corrected chi connectivity index (χ4v) is 2.21. The summed E-state index contributed by atoms with van der Waals surface area (Å²) in [5.41, 5.74) is -0.911. The molecule has 0 aromatic rings. The van der Waals surface area contributed by atoms with Crippen LogP contribution in [0, 0.1) is 5.41 Å². The Labute approximate surface area is 104 Å². The number of carbonyl (C=O) groups is 2. The molecule has 0 aromatic heterocycles. The first kappa shape index (κ1) is 14.8. The molecule has 0 radical (unpaired) electrons. The molecule has 1 unspecified atom stereocenters. The molecule has 1 fully saturated rings. The Kier molecular flexibility index (Phi) is 3.92. The van der Waals surface area contributed by atoms with E-state index >= 15 is 0 Å². The Bertz CT molecular complexity index is 357. The van der Waals surface area contributed by atoms with E-state index in [1.165, 1.54) is 11.8 Å². The molecular formula is C11H17F3N2O2. The molecule has 1 aliphatic heterocycles. The number of halogens is 3. The van der Waals surface area contributed by atoms with Gasteiger partial charge in [-0.1, -0.05) is 0 Å². The molecule has 0 N–H and O–H groups in total. The average molecular weight is 266 g/mol. The topological polar surface area (TPSA) is 40.6 Å². The second kappa shape index (κ2) is 4.78. The van der Waals surface area contributed by atoms with Gasteiger partial charge in [-0.3, -0.25) is 9.59 Å². The van der Waals surface area contributed by atoms with Crippen molar-refractivity contribution < 1.29 is 22.8 Å². The summed E-state index contributed by atoms with van der Waals surface area (Å²) in [5, 5.41) is 0. The third kappa shape index (κ3) is 3.36. The Balaban J connectivity index is 2.70. The van der Waals surface area contributed by atoms with Crippen LogP contribution in [-0.4, -0.2) is 54.5 Å². The molecule has 4 nitrogen and oxygen atoms in total. The van der Waals surface area contributed by atoms with Crippen LogP contribution in [0.15, 0.2) is 0 Å². The van der Waals surface area contributed by atoms with E-state index in [1.807, 2.05) is 0 Å². The van der Waals surface area contributed by atoms with Gasteiger partial charge in [0.1, 0.15) is 6.54 Å². The van der Waals surface area contributed by atoms with E-state index in [-0.39, 0.29) is 12.5 Å². The highest BCUT2D eigenvalue weighted by atomic mass is 19.4. The summed E-state index contributed by atoms with van der Waals surface area (Å²) >= 11 is 0. The lowest BCUT2D eigenvalue weighted by molar-refractivity contribution is -0.164. The van der Waals surface area contributed by atoms with Crippen LogP contribution in [0.4, 0.5) is 13.2 Å². The number of alkyl halides is 3. The van der Waals surface area contributed by atoms with Crippen molar-refractivity contribution in [2.75, 3.05) is 26.7 Å². The predicted molar refractivity (Wildman–Crippen MR) is 58.7 cm³/mol. The number of nitrogens with zero attached hydrogens (tertiary/aromatic N) is 2. The fourth-order valence-electron chi connectivity index (χ4n) is 2.21. The fraction of sp³-hybridized carbons (Fsp3) is 0.818. The lowest BCUT2D eigenvalue weighted by Gasteiger charge is -2.29. The maximum atomic E-state index is 12.2. The Morgan fingerprint density at radius 2 is 1.94 bits per heavy atom. The number of rotatable bonds is 2. The first-order valence-electron chi connectivity index (χ1n) is 5.63. The van der Waals surface area contributed by atoms with E-state index < -0.39 is 24.0 Å². The SMILES string of the molecule is CC(=O)N1CCC(C)(C(=O)N(C)CC(F)(F)F)C1. The smallest absolute Gasteiger partial charge is 0.342 e. The first-order valence-corrected chi connectivity index (χ1v) is 5.63. The zero-order valence-electron chi connectivity index (χ0n) is 10.7. The molecule has 1 heterocycles. The van der Waals surface area contributed by atoms with Crippen LogP contribution < -0.4 is 0 Å². The Hall–Kier alpha value is -1.27. The number of likely N-dealkylation sites (tertiary alicyclic amines) is 1. The maximum Gasteiger partial charge on any atom is 0.406 e. The van der Waals surface area contributed by atoms with Crippen LogP contribution in [0.2, 0.25) is 0 Å². The van der Waals surface area contributed by atoms with Crippen LogP contribution in [0.5, 0.6) is 0 Å². The van der Waals surface area contributed by atoms with Gasteiger partial charge < -0.3 is 9.80 Å². The highest BCUT2D eigenvalue weighted by Gasteiger charge is 2.44. The van der Waals surface area contributed by atoms with Crippen molar-refractivity contribution in [3.63, 3.8) is 0 Å². The molecule has 1 atom stereocenters. The number of amides is 2. The van der Waals surface area contributed by atoms with Gasteiger partial charge in [0.15, 0.2) is 0 Å². The van der Waals surface area contributed by atoms with Crippen LogP contribution in [0.25, 0.3) is 0 Å². The van der Waals surface area contributed by atoms with E-state index in [9.17, 15) is 22.8 Å². The maximum absolute atomic E-state index is 12.2. The van der Waals surface area contributed by atoms with Crippen molar-refractivity contribution in [2.24, 2.45) is 5.41 Å². The van der Waals surface area contributed by atoms with E-state index in [2.05, 4.69) is 0 Å². The summed E-state index contributed by atoms with van der Waals surface area (Å²) in [6.45, 7) is 2.32. The lowest BCUT2D eigenvalue weighted by atomic mass is 9.88. The standard InChI is InChI=1S/C11H17F3N2O2/c1-8(17)16-5-4-10(2,6-16)9(18)15(3)7-11(12,13)14/h4-7H2,1-3H3. The van der Waals surface area contributed by atoms with Gasteiger partial charge in [0.25, 0.3) is 0 Å². The average Bonchev–Trinajstić information content (AvgIpc) is 2.58. The highest BCUT2D eigenvalue weighted by molar-refractivity contribution is 5.84. The number of hydrogen-bond donors (Lipinski definition) is 0. The number of hydrogen-bond acceptors (Lipinski definition) is 2. The molecule has 0 saturated carbocycles. The predicted octanol–water partition coefficient (Wildman–Crippen LogP) is 1.27. The third-order valence-corrected chi connectivity index (χ3v) is 3.20. The quantitative estimate of drug-likeness (QED) is 0.755.